The summed E-state index contributed by atoms with van der Waals surface area (Å²) >= 11 is 0. The van der Waals surface area contributed by atoms with Crippen LogP contribution < -0.4 is 0 Å². The fraction of sp³-hybridized carbons (Fsp3) is 1.00. The van der Waals surface area contributed by atoms with Gasteiger partial charge in [-0.05, 0) is 6.54 Å². The molecule has 0 aromatic rings. The average molecular weight is 179 g/mol. The molecule has 4 nitrogen and oxygen atoms in total. The first-order valence-corrected chi connectivity index (χ1v) is 4.84. The van der Waals surface area contributed by atoms with Crippen LogP contribution in [-0.4, -0.2) is 49.1 Å². The van der Waals surface area contributed by atoms with Gasteiger partial charge in [0.05, 0.1) is 6.61 Å². The molecule has 0 unspecified atom stereocenters. The second-order valence-electron chi connectivity index (χ2n) is 2.21. The third-order valence-corrected chi connectivity index (χ3v) is 2.19. The highest BCUT2D eigenvalue weighted by Crippen LogP contribution is 2.28. The molecule has 2 N–H and O–H groups in total. The van der Waals surface area contributed by atoms with Crippen LogP contribution in [0.3, 0.4) is 0 Å². The molecule has 0 aromatic carbocycles. The van der Waals surface area contributed by atoms with Gasteiger partial charge in [-0.3, -0.25) is 0 Å². The van der Waals surface area contributed by atoms with Crippen molar-refractivity contribution < 1.29 is 14.5 Å². The molecule has 0 aliphatic heterocycles. The Morgan fingerprint density at radius 1 is 1.45 bits per heavy atom. The Balaban J connectivity index is 3.51. The Kier molecular flexibility index (Phi) is 7.22. The summed E-state index contributed by atoms with van der Waals surface area (Å²) < 4.78 is 6.43. The Hall–Kier alpha value is 0.335. The predicted molar refractivity (Wildman–Crippen MR) is 48.2 cm³/mol. The van der Waals surface area contributed by atoms with Gasteiger partial charge in [0.2, 0.25) is 0 Å². The molecule has 0 aromatic heterocycles. The van der Waals surface area contributed by atoms with Crippen molar-refractivity contribution in [3.8, 4) is 0 Å². The third kappa shape index (κ3) is 5.59. The molecule has 0 amide bonds. The predicted octanol–water partition coefficient (Wildman–Crippen LogP) is -0.802. The van der Waals surface area contributed by atoms with Crippen molar-refractivity contribution in [3.63, 3.8) is 0 Å². The summed E-state index contributed by atoms with van der Waals surface area (Å²) in [5.41, 5.74) is 0. The fourth-order valence-electron chi connectivity index (χ4n) is 0.745. The molecule has 0 heterocycles. The molecule has 0 bridgehead atoms. The van der Waals surface area contributed by atoms with Gasteiger partial charge < -0.3 is 14.5 Å². The molecule has 0 radical (unpaired) electrons. The van der Waals surface area contributed by atoms with Crippen LogP contribution in [0.5, 0.6) is 0 Å². The van der Waals surface area contributed by atoms with E-state index in [-0.39, 0.29) is 0 Å². The molecule has 0 aliphatic rings. The van der Waals surface area contributed by atoms with Crippen LogP contribution in [0.15, 0.2) is 0 Å². The largest absolute Gasteiger partial charge is 0.383 e. The molecule has 66 valence electrons. The van der Waals surface area contributed by atoms with Gasteiger partial charge in [0, 0.05) is 13.7 Å². The molecule has 0 saturated carbocycles. The summed E-state index contributed by atoms with van der Waals surface area (Å²) in [5, 5.41) is 0. The van der Waals surface area contributed by atoms with E-state index < -0.39 is 8.53 Å². The standard InChI is InChI=1S/C5H15BNO3P/c1-10-5-4-7(3-2-6)11(8)9/h8-9H,2-6H2,1H3. The van der Waals surface area contributed by atoms with Crippen molar-refractivity contribution in [2.75, 3.05) is 26.8 Å². The lowest BCUT2D eigenvalue weighted by Gasteiger charge is -2.20. The van der Waals surface area contributed by atoms with Crippen LogP contribution >= 0.6 is 8.53 Å². The van der Waals surface area contributed by atoms with Crippen LogP contribution in [0.2, 0.25) is 6.32 Å². The monoisotopic (exact) mass is 179 g/mol. The lowest BCUT2D eigenvalue weighted by Crippen LogP contribution is -2.23. The summed E-state index contributed by atoms with van der Waals surface area (Å²) in [5.74, 6) is 0. The lowest BCUT2D eigenvalue weighted by atomic mass is 10.1. The minimum absolute atomic E-state index is 0.542. The van der Waals surface area contributed by atoms with Crippen LogP contribution in [0.25, 0.3) is 0 Å². The van der Waals surface area contributed by atoms with E-state index in [9.17, 15) is 0 Å². The molecule has 0 fully saturated rings. The first kappa shape index (κ1) is 11.3. The van der Waals surface area contributed by atoms with Gasteiger partial charge in [-0.25, -0.2) is 4.67 Å². The van der Waals surface area contributed by atoms with E-state index in [0.29, 0.717) is 19.7 Å². The van der Waals surface area contributed by atoms with E-state index in [2.05, 4.69) is 0 Å². The van der Waals surface area contributed by atoms with Gasteiger partial charge in [0.15, 0.2) is 0 Å². The van der Waals surface area contributed by atoms with E-state index in [1.165, 1.54) is 0 Å². The number of methoxy groups -OCH3 is 1. The topological polar surface area (TPSA) is 52.9 Å². The van der Waals surface area contributed by atoms with Crippen molar-refractivity contribution in [1.29, 1.82) is 0 Å². The maximum Gasteiger partial charge on any atom is 0.253 e. The van der Waals surface area contributed by atoms with Gasteiger partial charge in [0.25, 0.3) is 8.53 Å². The van der Waals surface area contributed by atoms with Crippen LogP contribution in [0.4, 0.5) is 0 Å². The zero-order chi connectivity index (χ0) is 8.69. The summed E-state index contributed by atoms with van der Waals surface area (Å²) in [6, 6.07) is 0. The Morgan fingerprint density at radius 2 is 2.09 bits per heavy atom. The highest BCUT2D eigenvalue weighted by Gasteiger charge is 2.11. The van der Waals surface area contributed by atoms with Crippen molar-refractivity contribution in [3.05, 3.63) is 0 Å². The zero-order valence-electron chi connectivity index (χ0n) is 7.03. The maximum atomic E-state index is 8.86. The molecule has 0 aliphatic carbocycles. The second-order valence-corrected chi connectivity index (χ2v) is 3.32. The minimum Gasteiger partial charge on any atom is -0.383 e. The highest BCUT2D eigenvalue weighted by atomic mass is 31.2. The van der Waals surface area contributed by atoms with Crippen molar-refractivity contribution in [2.45, 2.75) is 6.32 Å². The van der Waals surface area contributed by atoms with Gasteiger partial charge in [-0.15, -0.1) is 0 Å². The Morgan fingerprint density at radius 3 is 2.45 bits per heavy atom. The van der Waals surface area contributed by atoms with Crippen LogP contribution in [0.1, 0.15) is 0 Å². The summed E-state index contributed by atoms with van der Waals surface area (Å²) in [6.07, 6.45) is 0.920. The Labute approximate surface area is 69.5 Å². The van der Waals surface area contributed by atoms with Gasteiger partial charge >= 0.3 is 0 Å². The van der Waals surface area contributed by atoms with E-state index in [1.807, 2.05) is 7.85 Å². The van der Waals surface area contributed by atoms with E-state index in [0.717, 1.165) is 6.32 Å². The smallest absolute Gasteiger partial charge is 0.253 e. The highest BCUT2D eigenvalue weighted by molar-refractivity contribution is 7.42. The number of hydrogen-bond acceptors (Lipinski definition) is 4. The van der Waals surface area contributed by atoms with Gasteiger partial charge in [0.1, 0.15) is 7.85 Å². The normalized spacial score (nSPS) is 11.4. The minimum atomic E-state index is -1.93. The van der Waals surface area contributed by atoms with Crippen LogP contribution in [0, 0.1) is 0 Å². The lowest BCUT2D eigenvalue weighted by molar-refractivity contribution is 0.175. The van der Waals surface area contributed by atoms with Gasteiger partial charge in [-0.2, -0.15) is 0 Å². The molecule has 0 saturated heterocycles. The van der Waals surface area contributed by atoms with Crippen LogP contribution in [-0.2, 0) is 4.74 Å². The molecule has 6 heteroatoms. The fourth-order valence-corrected chi connectivity index (χ4v) is 1.38. The van der Waals surface area contributed by atoms with Crippen molar-refractivity contribution in [1.82, 2.24) is 4.67 Å². The number of hydrogen-bond donors (Lipinski definition) is 2. The molecule has 11 heavy (non-hydrogen) atoms. The summed E-state index contributed by atoms with van der Waals surface area (Å²) in [6.45, 7) is 1.84. The SMILES string of the molecule is BCCN(CCOC)P(O)O. The number of nitrogens with zero attached hydrogens (tertiary/aromatic N) is 1. The molecule has 0 atom stereocenters. The van der Waals surface area contributed by atoms with Crippen molar-refractivity contribution >= 4 is 16.4 Å². The average Bonchev–Trinajstić information content (AvgIpc) is 1.97. The number of rotatable bonds is 6. The van der Waals surface area contributed by atoms with Crippen molar-refractivity contribution in [2.24, 2.45) is 0 Å². The summed E-state index contributed by atoms with van der Waals surface area (Å²) in [7, 11) is 1.67. The molecular formula is C5H15BNO3P. The first-order valence-electron chi connectivity index (χ1n) is 3.64. The molecule has 0 rings (SSSR count). The maximum absolute atomic E-state index is 8.86. The Bertz CT molecular complexity index is 95.8. The third-order valence-electron chi connectivity index (χ3n) is 1.29. The van der Waals surface area contributed by atoms with Gasteiger partial charge in [-0.1, -0.05) is 6.32 Å². The molecular weight excluding hydrogens is 164 g/mol. The second kappa shape index (κ2) is 7.01. The van der Waals surface area contributed by atoms with E-state index >= 15 is 0 Å². The summed E-state index contributed by atoms with van der Waals surface area (Å²) in [4.78, 5) is 17.7. The quantitative estimate of drug-likeness (QED) is 0.413. The molecule has 0 spiro atoms. The number of ether oxygens (including phenoxy) is 1. The zero-order valence-corrected chi connectivity index (χ0v) is 7.92. The first-order chi connectivity index (χ1) is 5.22. The van der Waals surface area contributed by atoms with E-state index in [4.69, 9.17) is 14.5 Å². The van der Waals surface area contributed by atoms with E-state index in [1.54, 1.807) is 11.8 Å².